The lowest BCUT2D eigenvalue weighted by molar-refractivity contribution is -0.131. The van der Waals surface area contributed by atoms with Crippen LogP contribution < -0.4 is 4.74 Å². The summed E-state index contributed by atoms with van der Waals surface area (Å²) in [7, 11) is 1.69. The number of nitrogens with zero attached hydrogens (tertiary/aromatic N) is 3. The number of carbonyl (C=O) groups is 1. The van der Waals surface area contributed by atoms with Crippen LogP contribution >= 0.6 is 0 Å². The Morgan fingerprint density at radius 1 is 0.941 bits per heavy atom. The van der Waals surface area contributed by atoms with Crippen LogP contribution in [0.1, 0.15) is 19.3 Å². The number of benzene rings is 3. The third-order valence-corrected chi connectivity index (χ3v) is 7.17. The van der Waals surface area contributed by atoms with E-state index in [1.165, 1.54) is 11.1 Å². The molecule has 3 aromatic carbocycles. The van der Waals surface area contributed by atoms with Crippen LogP contribution in [0.4, 0.5) is 0 Å². The molecule has 5 heteroatoms. The van der Waals surface area contributed by atoms with E-state index in [0.717, 1.165) is 67.1 Å². The molecule has 1 atom stereocenters. The maximum atomic E-state index is 12.6. The quantitative estimate of drug-likeness (QED) is 0.381. The Kier molecular flexibility index (Phi) is 5.33. The molecule has 0 N–H and O–H groups in total. The Labute approximate surface area is 200 Å². The van der Waals surface area contributed by atoms with Crippen molar-refractivity contribution in [2.75, 3.05) is 20.2 Å². The monoisotopic (exact) mass is 451 g/mol. The highest BCUT2D eigenvalue weighted by Gasteiger charge is 2.36. The third-order valence-electron chi connectivity index (χ3n) is 7.17. The van der Waals surface area contributed by atoms with Crippen molar-refractivity contribution in [2.24, 2.45) is 11.8 Å². The highest BCUT2D eigenvalue weighted by molar-refractivity contribution is 5.83. The lowest BCUT2D eigenvalue weighted by atomic mass is 10.0. The number of likely N-dealkylation sites (tertiary alicyclic amines) is 1. The summed E-state index contributed by atoms with van der Waals surface area (Å²) in [5.74, 6) is 2.86. The standard InChI is InChI=1S/C29H29N3O2/c1-34-25-13-14-27-26(17-25)30-28(23-9-7-22(8-10-23)21-5-3-2-4-6-21)32(27)19-20-15-16-31(18-20)29(33)24-11-12-24/h2-10,13-14,17,20,24H,11-12,15-16,18-19H2,1H3. The number of rotatable bonds is 6. The molecule has 2 heterocycles. The maximum absolute atomic E-state index is 12.6. The first-order valence-corrected chi connectivity index (χ1v) is 12.2. The molecule has 4 aromatic rings. The van der Waals surface area contributed by atoms with Crippen molar-refractivity contribution >= 4 is 16.9 Å². The van der Waals surface area contributed by atoms with Gasteiger partial charge in [0.1, 0.15) is 11.6 Å². The SMILES string of the molecule is COc1ccc2c(c1)nc(-c1ccc(-c3ccccc3)cc1)n2CC1CCN(C(=O)C2CC2)C1. The van der Waals surface area contributed by atoms with Gasteiger partial charge < -0.3 is 14.2 Å². The summed E-state index contributed by atoms with van der Waals surface area (Å²) >= 11 is 0. The number of hydrogen-bond donors (Lipinski definition) is 0. The van der Waals surface area contributed by atoms with Crippen LogP contribution in [-0.4, -0.2) is 40.6 Å². The molecule has 1 aliphatic carbocycles. The first-order valence-electron chi connectivity index (χ1n) is 12.2. The van der Waals surface area contributed by atoms with Crippen molar-refractivity contribution in [1.82, 2.24) is 14.5 Å². The van der Waals surface area contributed by atoms with Crippen molar-refractivity contribution in [3.05, 3.63) is 72.8 Å². The van der Waals surface area contributed by atoms with Gasteiger partial charge in [-0.2, -0.15) is 0 Å². The fraction of sp³-hybridized carbons (Fsp3) is 0.310. The first-order chi connectivity index (χ1) is 16.7. The number of carbonyl (C=O) groups excluding carboxylic acids is 1. The number of hydrogen-bond acceptors (Lipinski definition) is 3. The van der Waals surface area contributed by atoms with Crippen LogP contribution in [0.25, 0.3) is 33.5 Å². The zero-order valence-electron chi connectivity index (χ0n) is 19.5. The Hall–Kier alpha value is -3.60. The van der Waals surface area contributed by atoms with Crippen molar-refractivity contribution in [1.29, 1.82) is 0 Å². The van der Waals surface area contributed by atoms with Gasteiger partial charge in [-0.15, -0.1) is 0 Å². The summed E-state index contributed by atoms with van der Waals surface area (Å²) < 4.78 is 7.79. The molecule has 0 bridgehead atoms. The molecular weight excluding hydrogens is 422 g/mol. The number of ether oxygens (including phenoxy) is 1. The minimum absolute atomic E-state index is 0.291. The van der Waals surface area contributed by atoms with Gasteiger partial charge in [-0.25, -0.2) is 4.98 Å². The predicted molar refractivity (Wildman–Crippen MR) is 135 cm³/mol. The fourth-order valence-corrected chi connectivity index (χ4v) is 5.11. The molecular formula is C29H29N3O2. The highest BCUT2D eigenvalue weighted by Crippen LogP contribution is 2.35. The summed E-state index contributed by atoms with van der Waals surface area (Å²) in [5.41, 5.74) is 5.54. The Balaban J connectivity index is 1.33. The van der Waals surface area contributed by atoms with E-state index in [-0.39, 0.29) is 0 Å². The Morgan fingerprint density at radius 3 is 2.41 bits per heavy atom. The number of amides is 1. The van der Waals surface area contributed by atoms with Crippen molar-refractivity contribution in [3.63, 3.8) is 0 Å². The maximum Gasteiger partial charge on any atom is 0.225 e. The number of aromatic nitrogens is 2. The molecule has 1 aromatic heterocycles. The second kappa shape index (κ2) is 8.64. The molecule has 34 heavy (non-hydrogen) atoms. The number of methoxy groups -OCH3 is 1. The zero-order chi connectivity index (χ0) is 23.1. The second-order valence-corrected chi connectivity index (χ2v) is 9.56. The van der Waals surface area contributed by atoms with E-state index in [0.29, 0.717) is 17.7 Å². The largest absolute Gasteiger partial charge is 0.497 e. The normalized spacial score (nSPS) is 17.9. The van der Waals surface area contributed by atoms with E-state index in [1.807, 2.05) is 18.2 Å². The van der Waals surface area contributed by atoms with Gasteiger partial charge >= 0.3 is 0 Å². The van der Waals surface area contributed by atoms with E-state index in [4.69, 9.17) is 9.72 Å². The molecule has 5 nitrogen and oxygen atoms in total. The minimum Gasteiger partial charge on any atom is -0.497 e. The summed E-state index contributed by atoms with van der Waals surface area (Å²) in [5, 5.41) is 0. The summed E-state index contributed by atoms with van der Waals surface area (Å²) in [4.78, 5) is 19.7. The molecule has 1 saturated carbocycles. The van der Waals surface area contributed by atoms with E-state index in [9.17, 15) is 4.79 Å². The second-order valence-electron chi connectivity index (χ2n) is 9.56. The smallest absolute Gasteiger partial charge is 0.225 e. The third kappa shape index (κ3) is 3.96. The van der Waals surface area contributed by atoms with Crippen LogP contribution in [0.15, 0.2) is 72.8 Å². The number of fused-ring (bicyclic) bond motifs is 1. The lowest BCUT2D eigenvalue weighted by Gasteiger charge is -2.18. The van der Waals surface area contributed by atoms with E-state index in [2.05, 4.69) is 64.1 Å². The van der Waals surface area contributed by atoms with Crippen LogP contribution in [0.5, 0.6) is 5.75 Å². The molecule has 0 spiro atoms. The Morgan fingerprint density at radius 2 is 1.68 bits per heavy atom. The molecule has 1 unspecified atom stereocenters. The topological polar surface area (TPSA) is 47.4 Å². The zero-order valence-corrected chi connectivity index (χ0v) is 19.5. The Bertz CT molecular complexity index is 1320. The molecule has 172 valence electrons. The molecule has 2 fully saturated rings. The van der Waals surface area contributed by atoms with Gasteiger partial charge in [-0.05, 0) is 48.4 Å². The van der Waals surface area contributed by atoms with Crippen molar-refractivity contribution in [2.45, 2.75) is 25.8 Å². The minimum atomic E-state index is 0.291. The van der Waals surface area contributed by atoms with Gasteiger partial charge in [0, 0.05) is 37.2 Å². The van der Waals surface area contributed by atoms with Gasteiger partial charge in [0.2, 0.25) is 5.91 Å². The lowest BCUT2D eigenvalue weighted by Crippen LogP contribution is -2.30. The number of imidazole rings is 1. The van der Waals surface area contributed by atoms with Gasteiger partial charge in [0.25, 0.3) is 0 Å². The molecule has 1 saturated heterocycles. The molecule has 0 radical (unpaired) electrons. The van der Waals surface area contributed by atoms with Crippen LogP contribution in [-0.2, 0) is 11.3 Å². The first kappa shape index (κ1) is 21.0. The van der Waals surface area contributed by atoms with Crippen LogP contribution in [0.2, 0.25) is 0 Å². The molecule has 1 aliphatic heterocycles. The fourth-order valence-electron chi connectivity index (χ4n) is 5.11. The predicted octanol–water partition coefficient (Wildman–Crippen LogP) is 5.64. The summed E-state index contributed by atoms with van der Waals surface area (Å²) in [6.07, 6.45) is 3.18. The van der Waals surface area contributed by atoms with E-state index >= 15 is 0 Å². The average Bonchev–Trinajstić information content (AvgIpc) is 3.54. The van der Waals surface area contributed by atoms with Crippen molar-refractivity contribution < 1.29 is 9.53 Å². The average molecular weight is 452 g/mol. The van der Waals surface area contributed by atoms with Crippen LogP contribution in [0, 0.1) is 11.8 Å². The molecule has 1 amide bonds. The van der Waals surface area contributed by atoms with E-state index in [1.54, 1.807) is 7.11 Å². The van der Waals surface area contributed by atoms with Gasteiger partial charge in [-0.3, -0.25) is 4.79 Å². The van der Waals surface area contributed by atoms with Crippen molar-refractivity contribution in [3.8, 4) is 28.3 Å². The van der Waals surface area contributed by atoms with Gasteiger partial charge in [0.05, 0.1) is 18.1 Å². The van der Waals surface area contributed by atoms with Crippen LogP contribution in [0.3, 0.4) is 0 Å². The highest BCUT2D eigenvalue weighted by atomic mass is 16.5. The van der Waals surface area contributed by atoms with Gasteiger partial charge in [-0.1, -0.05) is 54.6 Å². The summed E-state index contributed by atoms with van der Waals surface area (Å²) in [6, 6.07) is 25.2. The summed E-state index contributed by atoms with van der Waals surface area (Å²) in [6.45, 7) is 2.58. The molecule has 6 rings (SSSR count). The van der Waals surface area contributed by atoms with E-state index < -0.39 is 0 Å². The molecule has 2 aliphatic rings. The van der Waals surface area contributed by atoms with Gasteiger partial charge in [0.15, 0.2) is 0 Å².